The highest BCUT2D eigenvalue weighted by Gasteiger charge is 2.24. The van der Waals surface area contributed by atoms with E-state index in [2.05, 4.69) is 95.6 Å². The molecular formula is C32H17N3OS. The summed E-state index contributed by atoms with van der Waals surface area (Å²) in [4.78, 5) is 12.8. The van der Waals surface area contributed by atoms with E-state index >= 15 is 0 Å². The Morgan fingerprint density at radius 3 is 2.38 bits per heavy atom. The van der Waals surface area contributed by atoms with Crippen LogP contribution in [0.15, 0.2) is 117 Å². The molecule has 0 saturated heterocycles. The lowest BCUT2D eigenvalue weighted by Gasteiger charge is -2.20. The molecule has 0 aliphatic carbocycles. The van der Waals surface area contributed by atoms with Crippen molar-refractivity contribution in [1.29, 1.82) is 0 Å². The summed E-state index contributed by atoms with van der Waals surface area (Å²) < 4.78 is 8.46. The molecule has 0 atom stereocenters. The number of para-hydroxylation sites is 2. The molecule has 4 nitrogen and oxygen atoms in total. The summed E-state index contributed by atoms with van der Waals surface area (Å²) in [7, 11) is 0. The van der Waals surface area contributed by atoms with Crippen LogP contribution in [0.3, 0.4) is 0 Å². The molecule has 1 aliphatic heterocycles. The molecule has 0 bridgehead atoms. The molecule has 0 fully saturated rings. The average Bonchev–Trinajstić information content (AvgIpc) is 3.46. The van der Waals surface area contributed by atoms with Gasteiger partial charge in [0.25, 0.3) is 0 Å². The van der Waals surface area contributed by atoms with Crippen LogP contribution in [0.4, 0.5) is 0 Å². The van der Waals surface area contributed by atoms with Gasteiger partial charge in [-0.1, -0.05) is 72.4 Å². The maximum absolute atomic E-state index is 6.28. The van der Waals surface area contributed by atoms with Crippen molar-refractivity contribution in [3.05, 3.63) is 103 Å². The van der Waals surface area contributed by atoms with Gasteiger partial charge in [-0.15, -0.1) is 0 Å². The number of benzene rings is 5. The van der Waals surface area contributed by atoms with Crippen LogP contribution in [0, 0.1) is 0 Å². The summed E-state index contributed by atoms with van der Waals surface area (Å²) in [5.74, 6) is 0.669. The van der Waals surface area contributed by atoms with Gasteiger partial charge in [0.1, 0.15) is 11.2 Å². The van der Waals surface area contributed by atoms with Crippen LogP contribution in [-0.2, 0) is 0 Å². The molecule has 0 saturated carbocycles. The molecule has 37 heavy (non-hydrogen) atoms. The lowest BCUT2D eigenvalue weighted by molar-refractivity contribution is 0.669. The summed E-state index contributed by atoms with van der Waals surface area (Å²) >= 11 is 1.79. The zero-order valence-electron chi connectivity index (χ0n) is 19.5. The zero-order chi connectivity index (χ0) is 24.1. The topological polar surface area (TPSA) is 43.9 Å². The third kappa shape index (κ3) is 2.59. The highest BCUT2D eigenvalue weighted by molar-refractivity contribution is 7.99. The second-order valence-electron chi connectivity index (χ2n) is 9.44. The van der Waals surface area contributed by atoms with Gasteiger partial charge in [0.2, 0.25) is 5.95 Å². The number of furan rings is 1. The third-order valence-electron chi connectivity index (χ3n) is 7.41. The summed E-state index contributed by atoms with van der Waals surface area (Å²) in [5, 5.41) is 5.71. The Morgan fingerprint density at radius 2 is 1.41 bits per heavy atom. The fourth-order valence-corrected chi connectivity index (χ4v) is 6.90. The maximum atomic E-state index is 6.28. The van der Waals surface area contributed by atoms with Crippen LogP contribution in [0.25, 0.3) is 71.9 Å². The van der Waals surface area contributed by atoms with Crippen molar-refractivity contribution in [3.8, 4) is 17.2 Å². The van der Waals surface area contributed by atoms with Crippen molar-refractivity contribution in [1.82, 2.24) is 14.5 Å². The van der Waals surface area contributed by atoms with Crippen LogP contribution < -0.4 is 0 Å². The third-order valence-corrected chi connectivity index (χ3v) is 8.54. The van der Waals surface area contributed by atoms with Gasteiger partial charge in [0.15, 0.2) is 0 Å². The van der Waals surface area contributed by atoms with Crippen LogP contribution in [0.5, 0.6) is 0 Å². The molecule has 0 N–H and O–H groups in total. The number of nitrogens with zero attached hydrogens (tertiary/aromatic N) is 3. The molecule has 4 heterocycles. The molecular weight excluding hydrogens is 474 g/mol. The normalized spacial score (nSPS) is 12.8. The lowest BCUT2D eigenvalue weighted by atomic mass is 10.1. The molecule has 0 unspecified atom stereocenters. The molecule has 5 heteroatoms. The van der Waals surface area contributed by atoms with Crippen LogP contribution in [-0.4, -0.2) is 14.5 Å². The second kappa shape index (κ2) is 6.99. The van der Waals surface area contributed by atoms with Crippen LogP contribution >= 0.6 is 11.8 Å². The Bertz CT molecular complexity index is 2240. The van der Waals surface area contributed by atoms with E-state index in [0.29, 0.717) is 5.95 Å². The minimum absolute atomic E-state index is 0.669. The summed E-state index contributed by atoms with van der Waals surface area (Å²) in [6, 6.07) is 35.9. The molecule has 5 aromatic carbocycles. The van der Waals surface area contributed by atoms with Crippen molar-refractivity contribution in [2.24, 2.45) is 0 Å². The Morgan fingerprint density at radius 1 is 0.595 bits per heavy atom. The smallest absolute Gasteiger partial charge is 0.235 e. The second-order valence-corrected chi connectivity index (χ2v) is 10.5. The van der Waals surface area contributed by atoms with E-state index in [1.165, 1.54) is 15.2 Å². The number of aromatic nitrogens is 3. The fourth-order valence-electron chi connectivity index (χ4n) is 5.79. The lowest BCUT2D eigenvalue weighted by Crippen LogP contribution is -2.05. The molecule has 9 rings (SSSR count). The number of hydrogen-bond acceptors (Lipinski definition) is 4. The van der Waals surface area contributed by atoms with Gasteiger partial charge in [0.05, 0.1) is 22.2 Å². The van der Waals surface area contributed by atoms with E-state index in [1.54, 1.807) is 11.8 Å². The molecule has 3 aromatic heterocycles. The Hall–Kier alpha value is -4.61. The molecule has 172 valence electrons. The highest BCUT2D eigenvalue weighted by Crippen LogP contribution is 2.47. The van der Waals surface area contributed by atoms with Gasteiger partial charge in [-0.2, -0.15) is 0 Å². The first kappa shape index (κ1) is 19.6. The highest BCUT2D eigenvalue weighted by atomic mass is 32.2. The van der Waals surface area contributed by atoms with E-state index in [9.17, 15) is 0 Å². The first-order chi connectivity index (χ1) is 18.3. The van der Waals surface area contributed by atoms with E-state index in [0.717, 1.165) is 60.5 Å². The van der Waals surface area contributed by atoms with E-state index in [-0.39, 0.29) is 0 Å². The first-order valence-corrected chi connectivity index (χ1v) is 13.1. The van der Waals surface area contributed by atoms with E-state index in [4.69, 9.17) is 14.4 Å². The van der Waals surface area contributed by atoms with Crippen LogP contribution in [0.1, 0.15) is 0 Å². The molecule has 0 amide bonds. The fraction of sp³-hybridized carbons (Fsp3) is 0. The van der Waals surface area contributed by atoms with Crippen molar-refractivity contribution < 1.29 is 4.42 Å². The zero-order valence-corrected chi connectivity index (χ0v) is 20.3. The molecule has 0 radical (unpaired) electrons. The van der Waals surface area contributed by atoms with Gasteiger partial charge >= 0.3 is 0 Å². The van der Waals surface area contributed by atoms with Gasteiger partial charge in [-0.05, 0) is 36.4 Å². The first-order valence-electron chi connectivity index (χ1n) is 12.3. The van der Waals surface area contributed by atoms with Crippen LogP contribution in [0.2, 0.25) is 0 Å². The predicted molar refractivity (Wildman–Crippen MR) is 151 cm³/mol. The van der Waals surface area contributed by atoms with E-state index in [1.807, 2.05) is 12.1 Å². The van der Waals surface area contributed by atoms with Gasteiger partial charge in [0, 0.05) is 48.4 Å². The summed E-state index contributed by atoms with van der Waals surface area (Å²) in [6.07, 6.45) is 0. The molecule has 0 spiro atoms. The Balaban J connectivity index is 1.43. The Kier molecular flexibility index (Phi) is 3.70. The quantitative estimate of drug-likeness (QED) is 0.230. The Labute approximate surface area is 215 Å². The number of rotatable bonds is 1. The van der Waals surface area contributed by atoms with Gasteiger partial charge in [-0.3, -0.25) is 4.57 Å². The predicted octanol–water partition coefficient (Wildman–Crippen LogP) is 8.76. The summed E-state index contributed by atoms with van der Waals surface area (Å²) in [5.41, 5.74) is 6.97. The molecule has 1 aliphatic rings. The van der Waals surface area contributed by atoms with Crippen molar-refractivity contribution in [3.63, 3.8) is 0 Å². The van der Waals surface area contributed by atoms with Gasteiger partial charge < -0.3 is 4.42 Å². The summed E-state index contributed by atoms with van der Waals surface area (Å²) in [6.45, 7) is 0. The van der Waals surface area contributed by atoms with Crippen molar-refractivity contribution >= 4 is 66.4 Å². The maximum Gasteiger partial charge on any atom is 0.235 e. The molecule has 8 aromatic rings. The number of fused-ring (bicyclic) bond motifs is 8. The minimum atomic E-state index is 0.669. The standard InChI is InChI=1S/C32H17N3OS/c1-4-12-24-18(8-1)21-16-22-19-9-2-5-13-26(19)36-27(22)17-25(21)35(24)32-33-23-11-7-15-29-30(23)31(34-32)20-10-3-6-14-28(20)37-29/h1-17H. The monoisotopic (exact) mass is 491 g/mol. The van der Waals surface area contributed by atoms with Crippen molar-refractivity contribution in [2.45, 2.75) is 9.79 Å². The van der Waals surface area contributed by atoms with E-state index < -0.39 is 0 Å². The van der Waals surface area contributed by atoms with Crippen molar-refractivity contribution in [2.75, 3.05) is 0 Å². The number of hydrogen-bond donors (Lipinski definition) is 0. The average molecular weight is 492 g/mol. The van der Waals surface area contributed by atoms with Gasteiger partial charge in [-0.25, -0.2) is 9.97 Å². The largest absolute Gasteiger partial charge is 0.456 e. The SMILES string of the molecule is c1ccc2c(c1)Sc1cccc3nc(-n4c5ccccc5c5cc6c(cc54)oc4ccccc46)nc-2c13. The minimum Gasteiger partial charge on any atom is -0.456 e.